The van der Waals surface area contributed by atoms with Crippen molar-refractivity contribution in [3.8, 4) is 11.8 Å². The van der Waals surface area contributed by atoms with E-state index in [4.69, 9.17) is 15.2 Å². The molecular weight excluding hydrogens is 364 g/mol. The molecule has 2 rings (SSSR count). The van der Waals surface area contributed by atoms with Crippen molar-refractivity contribution in [1.82, 2.24) is 9.55 Å². The van der Waals surface area contributed by atoms with E-state index in [0.29, 0.717) is 0 Å². The molecule has 0 spiro atoms. The standard InChI is InChI=1S/C15H18N4O6S/c1-8(20)9-5-6-10(24-3)11(7-9)26(22,23)18-12-13(16)17-15(25-4)19(2)14(12)21/h5-7,18H,16H2,1-4H3. The molecule has 0 bridgehead atoms. The van der Waals surface area contributed by atoms with Gasteiger partial charge in [-0.1, -0.05) is 0 Å². The number of sulfonamides is 1. The summed E-state index contributed by atoms with van der Waals surface area (Å²) in [6.45, 7) is 1.30. The van der Waals surface area contributed by atoms with Gasteiger partial charge in [-0.05, 0) is 25.1 Å². The van der Waals surface area contributed by atoms with Crippen LogP contribution in [0.4, 0.5) is 11.5 Å². The molecule has 0 aliphatic rings. The largest absolute Gasteiger partial charge is 0.495 e. The van der Waals surface area contributed by atoms with Crippen molar-refractivity contribution >= 4 is 27.3 Å². The number of ether oxygens (including phenoxy) is 2. The van der Waals surface area contributed by atoms with Crippen LogP contribution in [0, 0.1) is 0 Å². The van der Waals surface area contributed by atoms with Crippen LogP contribution in [-0.4, -0.2) is 38.0 Å². The molecule has 26 heavy (non-hydrogen) atoms. The summed E-state index contributed by atoms with van der Waals surface area (Å²) in [7, 11) is -0.369. The van der Waals surface area contributed by atoms with Gasteiger partial charge in [0, 0.05) is 12.6 Å². The summed E-state index contributed by atoms with van der Waals surface area (Å²) in [6, 6.07) is 3.86. The number of hydrogen-bond acceptors (Lipinski definition) is 8. The van der Waals surface area contributed by atoms with Crippen molar-refractivity contribution in [2.45, 2.75) is 11.8 Å². The Bertz CT molecular complexity index is 1030. The van der Waals surface area contributed by atoms with Crippen LogP contribution in [0.2, 0.25) is 0 Å². The number of hydrogen-bond donors (Lipinski definition) is 2. The number of nitrogen functional groups attached to an aromatic ring is 1. The monoisotopic (exact) mass is 382 g/mol. The number of rotatable bonds is 6. The lowest BCUT2D eigenvalue weighted by molar-refractivity contribution is 0.101. The first-order valence-corrected chi connectivity index (χ1v) is 8.73. The molecule has 0 amide bonds. The minimum absolute atomic E-state index is 0.000587. The molecule has 0 radical (unpaired) electrons. The number of carbonyl (C=O) groups is 1. The lowest BCUT2D eigenvalue weighted by Crippen LogP contribution is -2.28. The second-order valence-corrected chi connectivity index (χ2v) is 6.90. The lowest BCUT2D eigenvalue weighted by atomic mass is 10.1. The van der Waals surface area contributed by atoms with Crippen molar-refractivity contribution in [2.24, 2.45) is 7.05 Å². The van der Waals surface area contributed by atoms with Gasteiger partial charge in [-0.2, -0.15) is 4.98 Å². The second kappa shape index (κ2) is 7.04. The van der Waals surface area contributed by atoms with E-state index in [-0.39, 0.29) is 33.8 Å². The van der Waals surface area contributed by atoms with E-state index < -0.39 is 21.3 Å². The maximum Gasteiger partial charge on any atom is 0.300 e. The molecule has 1 aromatic carbocycles. The first-order chi connectivity index (χ1) is 12.1. The van der Waals surface area contributed by atoms with Gasteiger partial charge in [0.25, 0.3) is 15.6 Å². The van der Waals surface area contributed by atoms with E-state index in [2.05, 4.69) is 9.71 Å². The van der Waals surface area contributed by atoms with E-state index in [1.807, 2.05) is 0 Å². The quantitative estimate of drug-likeness (QED) is 0.683. The van der Waals surface area contributed by atoms with Crippen LogP contribution < -0.4 is 25.5 Å². The van der Waals surface area contributed by atoms with Crippen LogP contribution in [0.25, 0.3) is 0 Å². The van der Waals surface area contributed by atoms with Gasteiger partial charge in [0.05, 0.1) is 14.2 Å². The highest BCUT2D eigenvalue weighted by atomic mass is 32.2. The number of anilines is 2. The van der Waals surface area contributed by atoms with Gasteiger partial charge in [0.2, 0.25) is 0 Å². The highest BCUT2D eigenvalue weighted by molar-refractivity contribution is 7.92. The predicted octanol–water partition coefficient (Wildman–Crippen LogP) is 0.383. The summed E-state index contributed by atoms with van der Waals surface area (Å²) < 4.78 is 38.6. The zero-order valence-electron chi connectivity index (χ0n) is 14.6. The molecule has 2 aromatic rings. The zero-order chi connectivity index (χ0) is 19.6. The van der Waals surface area contributed by atoms with Crippen molar-refractivity contribution in [1.29, 1.82) is 0 Å². The molecular formula is C15H18N4O6S. The van der Waals surface area contributed by atoms with Gasteiger partial charge in [0.1, 0.15) is 10.6 Å². The maximum atomic E-state index is 12.8. The minimum Gasteiger partial charge on any atom is -0.495 e. The molecule has 0 unspecified atom stereocenters. The van der Waals surface area contributed by atoms with Crippen LogP contribution in [0.3, 0.4) is 0 Å². The lowest BCUT2D eigenvalue weighted by Gasteiger charge is -2.14. The van der Waals surface area contributed by atoms with Crippen LogP contribution in [0.5, 0.6) is 11.8 Å². The number of Topliss-reactive ketones (excluding diaryl/α,β-unsaturated/α-hetero) is 1. The fraction of sp³-hybridized carbons (Fsp3) is 0.267. The topological polar surface area (TPSA) is 143 Å². The number of nitrogens with two attached hydrogens (primary N) is 1. The number of methoxy groups -OCH3 is 2. The molecule has 0 atom stereocenters. The van der Waals surface area contributed by atoms with Crippen molar-refractivity contribution in [3.63, 3.8) is 0 Å². The molecule has 0 saturated carbocycles. The van der Waals surface area contributed by atoms with Crippen molar-refractivity contribution < 1.29 is 22.7 Å². The van der Waals surface area contributed by atoms with Gasteiger partial charge < -0.3 is 15.2 Å². The smallest absolute Gasteiger partial charge is 0.300 e. The number of carbonyl (C=O) groups excluding carboxylic acids is 1. The third-order valence-electron chi connectivity index (χ3n) is 3.56. The zero-order valence-corrected chi connectivity index (χ0v) is 15.4. The summed E-state index contributed by atoms with van der Waals surface area (Å²) >= 11 is 0. The Hall–Kier alpha value is -3.08. The molecule has 1 aromatic heterocycles. The fourth-order valence-corrected chi connectivity index (χ4v) is 3.44. The summed E-state index contributed by atoms with van der Waals surface area (Å²) in [4.78, 5) is 27.4. The Morgan fingerprint density at radius 1 is 1.27 bits per heavy atom. The molecule has 10 nitrogen and oxygen atoms in total. The van der Waals surface area contributed by atoms with E-state index in [9.17, 15) is 18.0 Å². The van der Waals surface area contributed by atoms with Crippen LogP contribution in [0.1, 0.15) is 17.3 Å². The van der Waals surface area contributed by atoms with Gasteiger partial charge in [-0.25, -0.2) is 8.42 Å². The van der Waals surface area contributed by atoms with Crippen LogP contribution >= 0.6 is 0 Å². The Labute approximate surface area is 149 Å². The van der Waals surface area contributed by atoms with E-state index >= 15 is 0 Å². The maximum absolute atomic E-state index is 12.8. The molecule has 0 fully saturated rings. The van der Waals surface area contributed by atoms with Crippen LogP contribution in [0.15, 0.2) is 27.9 Å². The third kappa shape index (κ3) is 3.47. The number of nitrogens with zero attached hydrogens (tertiary/aromatic N) is 2. The molecule has 3 N–H and O–H groups in total. The highest BCUT2D eigenvalue weighted by Gasteiger charge is 2.25. The average Bonchev–Trinajstić information content (AvgIpc) is 2.61. The number of benzene rings is 1. The summed E-state index contributed by atoms with van der Waals surface area (Å²) in [5.41, 5.74) is 4.66. The number of nitrogens with one attached hydrogen (secondary N) is 1. The Balaban J connectivity index is 2.61. The summed E-state index contributed by atoms with van der Waals surface area (Å²) in [5, 5.41) is 0. The molecule has 0 aliphatic heterocycles. The minimum atomic E-state index is -4.29. The third-order valence-corrected chi connectivity index (χ3v) is 4.93. The molecule has 0 aliphatic carbocycles. The highest BCUT2D eigenvalue weighted by Crippen LogP contribution is 2.27. The second-order valence-electron chi connectivity index (χ2n) is 5.25. The van der Waals surface area contributed by atoms with E-state index in [0.717, 1.165) is 10.6 Å². The first kappa shape index (κ1) is 19.2. The Kier molecular flexibility index (Phi) is 5.21. The number of ketones is 1. The normalized spacial score (nSPS) is 11.1. The summed E-state index contributed by atoms with van der Waals surface area (Å²) in [6.07, 6.45) is 0. The molecule has 1 heterocycles. The van der Waals surface area contributed by atoms with E-state index in [1.54, 1.807) is 0 Å². The SMILES string of the molecule is COc1ccc(C(C)=O)cc1S(=O)(=O)Nc1c(N)nc(OC)n(C)c1=O. The van der Waals surface area contributed by atoms with Gasteiger partial charge >= 0.3 is 6.01 Å². The molecule has 140 valence electrons. The first-order valence-electron chi connectivity index (χ1n) is 7.24. The Morgan fingerprint density at radius 2 is 1.92 bits per heavy atom. The fourth-order valence-electron chi connectivity index (χ4n) is 2.17. The van der Waals surface area contributed by atoms with Gasteiger partial charge in [0.15, 0.2) is 17.3 Å². The molecule has 11 heteroatoms. The summed E-state index contributed by atoms with van der Waals surface area (Å²) in [5.74, 6) is -0.680. The van der Waals surface area contributed by atoms with Gasteiger partial charge in [-0.3, -0.25) is 18.9 Å². The van der Waals surface area contributed by atoms with Crippen molar-refractivity contribution in [3.05, 3.63) is 34.1 Å². The van der Waals surface area contributed by atoms with Crippen molar-refractivity contribution in [2.75, 3.05) is 24.7 Å². The van der Waals surface area contributed by atoms with E-state index in [1.165, 1.54) is 40.3 Å². The predicted molar refractivity (Wildman–Crippen MR) is 94.2 cm³/mol. The average molecular weight is 382 g/mol. The Morgan fingerprint density at radius 3 is 2.46 bits per heavy atom. The van der Waals surface area contributed by atoms with Gasteiger partial charge in [-0.15, -0.1) is 0 Å². The number of aromatic nitrogens is 2. The van der Waals surface area contributed by atoms with Crippen LogP contribution in [-0.2, 0) is 17.1 Å². The molecule has 0 saturated heterocycles.